The average molecular weight is 289 g/mol. The minimum absolute atomic E-state index is 0.0173. The lowest BCUT2D eigenvalue weighted by Gasteiger charge is -2.17. The molecule has 0 saturated carbocycles. The Morgan fingerprint density at radius 1 is 1.43 bits per heavy atom. The van der Waals surface area contributed by atoms with E-state index in [2.05, 4.69) is 11.8 Å². The molecule has 0 radical (unpaired) electrons. The lowest BCUT2D eigenvalue weighted by Crippen LogP contribution is -2.28. The highest BCUT2D eigenvalue weighted by molar-refractivity contribution is 5.94. The smallest absolute Gasteiger partial charge is 0.253 e. The number of hydrogen-bond acceptors (Lipinski definition) is 3. The number of nitrogens with zero attached hydrogens (tertiary/aromatic N) is 1. The van der Waals surface area contributed by atoms with Crippen molar-refractivity contribution >= 4 is 5.91 Å². The minimum atomic E-state index is -0.0173. The summed E-state index contributed by atoms with van der Waals surface area (Å²) < 4.78 is 4.99. The summed E-state index contributed by atoms with van der Waals surface area (Å²) >= 11 is 0. The quantitative estimate of drug-likeness (QED) is 0.642. The molecular formula is C17H23NO3. The van der Waals surface area contributed by atoms with Crippen molar-refractivity contribution in [2.75, 3.05) is 33.9 Å². The molecule has 4 heteroatoms. The first-order valence-corrected chi connectivity index (χ1v) is 7.05. The second-order valence-electron chi connectivity index (χ2n) is 4.88. The van der Waals surface area contributed by atoms with Crippen LogP contribution in [0.2, 0.25) is 0 Å². The van der Waals surface area contributed by atoms with Crippen LogP contribution in [0.5, 0.6) is 0 Å². The highest BCUT2D eigenvalue weighted by Crippen LogP contribution is 2.12. The summed E-state index contributed by atoms with van der Waals surface area (Å²) in [4.78, 5) is 14.0. The molecule has 0 aromatic heterocycles. The molecule has 0 bridgehead atoms. The Labute approximate surface area is 126 Å². The summed E-state index contributed by atoms with van der Waals surface area (Å²) in [5, 5.41) is 8.76. The molecule has 4 nitrogen and oxygen atoms in total. The van der Waals surface area contributed by atoms with Crippen LogP contribution in [0.1, 0.15) is 34.3 Å². The van der Waals surface area contributed by atoms with Crippen LogP contribution >= 0.6 is 0 Å². The number of aliphatic hydroxyl groups is 1. The third kappa shape index (κ3) is 5.58. The van der Waals surface area contributed by atoms with E-state index in [0.717, 1.165) is 17.5 Å². The summed E-state index contributed by atoms with van der Waals surface area (Å²) in [5.41, 5.74) is 2.49. The fourth-order valence-corrected chi connectivity index (χ4v) is 1.87. The van der Waals surface area contributed by atoms with E-state index in [9.17, 15) is 4.79 Å². The number of carbonyl (C=O) groups is 1. The van der Waals surface area contributed by atoms with Gasteiger partial charge in [-0.25, -0.2) is 0 Å². The van der Waals surface area contributed by atoms with Crippen LogP contribution < -0.4 is 0 Å². The Morgan fingerprint density at radius 3 is 2.86 bits per heavy atom. The highest BCUT2D eigenvalue weighted by atomic mass is 16.5. The van der Waals surface area contributed by atoms with Gasteiger partial charge in [0, 0.05) is 44.9 Å². The minimum Gasteiger partial charge on any atom is -0.395 e. The molecule has 1 N–H and O–H groups in total. The van der Waals surface area contributed by atoms with Gasteiger partial charge >= 0.3 is 0 Å². The standard InChI is InChI=1S/C17H23NO3/c1-14-8-9-16(13-15(14)7-4-5-11-19)17(20)18(2)10-6-12-21-3/h8-9,13,19H,5-6,10-12H2,1-3H3. The highest BCUT2D eigenvalue weighted by Gasteiger charge is 2.12. The van der Waals surface area contributed by atoms with Gasteiger partial charge in [-0.15, -0.1) is 0 Å². The van der Waals surface area contributed by atoms with E-state index in [0.29, 0.717) is 25.1 Å². The zero-order chi connectivity index (χ0) is 15.7. The third-order valence-electron chi connectivity index (χ3n) is 3.13. The molecule has 0 fully saturated rings. The summed E-state index contributed by atoms with van der Waals surface area (Å²) in [7, 11) is 3.44. The molecule has 0 aliphatic heterocycles. The first kappa shape index (κ1) is 17.2. The van der Waals surface area contributed by atoms with Crippen LogP contribution in [0.3, 0.4) is 0 Å². The SMILES string of the molecule is COCCCN(C)C(=O)c1ccc(C)c(C#CCCO)c1. The average Bonchev–Trinajstić information content (AvgIpc) is 2.48. The number of carbonyl (C=O) groups excluding carboxylic acids is 1. The summed E-state index contributed by atoms with van der Waals surface area (Å²) in [5.74, 6) is 5.87. The normalized spacial score (nSPS) is 9.90. The largest absolute Gasteiger partial charge is 0.395 e. The Morgan fingerprint density at radius 2 is 2.19 bits per heavy atom. The van der Waals surface area contributed by atoms with Crippen molar-refractivity contribution in [3.8, 4) is 11.8 Å². The number of hydrogen-bond donors (Lipinski definition) is 1. The molecule has 0 heterocycles. The molecule has 0 atom stereocenters. The summed E-state index contributed by atoms with van der Waals surface area (Å²) in [6, 6.07) is 5.54. The van der Waals surface area contributed by atoms with Crippen LogP contribution in [0.25, 0.3) is 0 Å². The fourth-order valence-electron chi connectivity index (χ4n) is 1.87. The van der Waals surface area contributed by atoms with Gasteiger partial charge in [0.1, 0.15) is 0 Å². The van der Waals surface area contributed by atoms with E-state index < -0.39 is 0 Å². The van der Waals surface area contributed by atoms with Gasteiger partial charge in [-0.1, -0.05) is 17.9 Å². The number of aliphatic hydroxyl groups excluding tert-OH is 1. The van der Waals surface area contributed by atoms with E-state index in [1.165, 1.54) is 0 Å². The van der Waals surface area contributed by atoms with E-state index >= 15 is 0 Å². The Kier molecular flexibility index (Phi) is 7.52. The van der Waals surface area contributed by atoms with Gasteiger partial charge in [0.25, 0.3) is 5.91 Å². The molecule has 0 spiro atoms. The lowest BCUT2D eigenvalue weighted by molar-refractivity contribution is 0.0779. The van der Waals surface area contributed by atoms with E-state index in [1.54, 1.807) is 19.1 Å². The molecule has 0 saturated heterocycles. The van der Waals surface area contributed by atoms with Crippen molar-refractivity contribution in [1.29, 1.82) is 0 Å². The molecule has 21 heavy (non-hydrogen) atoms. The monoisotopic (exact) mass is 289 g/mol. The number of benzene rings is 1. The Bertz CT molecular complexity index is 529. The fraction of sp³-hybridized carbons (Fsp3) is 0.471. The van der Waals surface area contributed by atoms with Gasteiger partial charge in [-0.2, -0.15) is 0 Å². The van der Waals surface area contributed by atoms with Gasteiger partial charge in [0.15, 0.2) is 0 Å². The van der Waals surface area contributed by atoms with Crippen molar-refractivity contribution in [3.63, 3.8) is 0 Å². The zero-order valence-electron chi connectivity index (χ0n) is 13.0. The van der Waals surface area contributed by atoms with Crippen LogP contribution in [0.15, 0.2) is 18.2 Å². The van der Waals surface area contributed by atoms with Crippen LogP contribution in [0, 0.1) is 18.8 Å². The molecule has 0 aliphatic rings. The molecule has 1 rings (SSSR count). The lowest BCUT2D eigenvalue weighted by atomic mass is 10.0. The van der Waals surface area contributed by atoms with Crippen LogP contribution in [-0.2, 0) is 4.74 Å². The van der Waals surface area contributed by atoms with E-state index in [1.807, 2.05) is 25.1 Å². The summed E-state index contributed by atoms with van der Waals surface area (Å²) in [6.45, 7) is 3.31. The topological polar surface area (TPSA) is 49.8 Å². The predicted molar refractivity (Wildman–Crippen MR) is 83.2 cm³/mol. The predicted octanol–water partition coefficient (Wildman–Crippen LogP) is 1.84. The number of ether oxygens (including phenoxy) is 1. The number of methoxy groups -OCH3 is 1. The molecule has 114 valence electrons. The van der Waals surface area contributed by atoms with Gasteiger partial charge < -0.3 is 14.7 Å². The van der Waals surface area contributed by atoms with Crippen molar-refractivity contribution in [2.24, 2.45) is 0 Å². The second kappa shape index (κ2) is 9.17. The van der Waals surface area contributed by atoms with Crippen molar-refractivity contribution in [1.82, 2.24) is 4.90 Å². The van der Waals surface area contributed by atoms with Crippen LogP contribution in [-0.4, -0.2) is 49.8 Å². The van der Waals surface area contributed by atoms with Crippen molar-refractivity contribution < 1.29 is 14.6 Å². The first-order chi connectivity index (χ1) is 10.1. The molecule has 1 aromatic carbocycles. The second-order valence-corrected chi connectivity index (χ2v) is 4.88. The maximum Gasteiger partial charge on any atom is 0.253 e. The Balaban J connectivity index is 2.81. The number of aryl methyl sites for hydroxylation is 1. The van der Waals surface area contributed by atoms with Gasteiger partial charge in [-0.05, 0) is 31.0 Å². The summed E-state index contributed by atoms with van der Waals surface area (Å²) in [6.07, 6.45) is 1.25. The van der Waals surface area contributed by atoms with E-state index in [4.69, 9.17) is 9.84 Å². The maximum absolute atomic E-state index is 12.3. The van der Waals surface area contributed by atoms with Gasteiger partial charge in [0.2, 0.25) is 0 Å². The van der Waals surface area contributed by atoms with Crippen molar-refractivity contribution in [3.05, 3.63) is 34.9 Å². The maximum atomic E-state index is 12.3. The molecule has 0 aliphatic carbocycles. The Hall–Kier alpha value is -1.83. The van der Waals surface area contributed by atoms with Gasteiger partial charge in [0.05, 0.1) is 6.61 Å². The van der Waals surface area contributed by atoms with E-state index in [-0.39, 0.29) is 12.5 Å². The molecule has 1 amide bonds. The molecule has 1 aromatic rings. The molecular weight excluding hydrogens is 266 g/mol. The van der Waals surface area contributed by atoms with Crippen LogP contribution in [0.4, 0.5) is 0 Å². The van der Waals surface area contributed by atoms with Crippen molar-refractivity contribution in [2.45, 2.75) is 19.8 Å². The molecule has 0 unspecified atom stereocenters. The third-order valence-corrected chi connectivity index (χ3v) is 3.13. The van der Waals surface area contributed by atoms with Gasteiger partial charge in [-0.3, -0.25) is 4.79 Å². The zero-order valence-corrected chi connectivity index (χ0v) is 13.0. The number of rotatable bonds is 6. The number of amides is 1. The first-order valence-electron chi connectivity index (χ1n) is 7.05.